The minimum Gasteiger partial charge on any atom is -0.409 e. The van der Waals surface area contributed by atoms with Gasteiger partial charge in [-0.3, -0.25) is 4.90 Å². The van der Waals surface area contributed by atoms with Crippen LogP contribution in [0.3, 0.4) is 0 Å². The molecule has 0 bridgehead atoms. The van der Waals surface area contributed by atoms with Crippen LogP contribution in [0, 0.1) is 0 Å². The molecule has 1 aliphatic rings. The van der Waals surface area contributed by atoms with Gasteiger partial charge < -0.3 is 19.4 Å². The van der Waals surface area contributed by atoms with Crippen LogP contribution in [0.1, 0.15) is 30.5 Å². The Morgan fingerprint density at radius 2 is 1.20 bits per heavy atom. The van der Waals surface area contributed by atoms with Crippen LogP contribution >= 0.6 is 0 Å². The highest BCUT2D eigenvalue weighted by atomic mass is 16.6. The molecule has 6 rings (SSSR count). The summed E-state index contributed by atoms with van der Waals surface area (Å²) in [6, 6.07) is 37.7. The third-order valence-corrected chi connectivity index (χ3v) is 8.81. The maximum absolute atomic E-state index is 14.6. The Hall–Kier alpha value is -4.97. The molecule has 0 N–H and O–H groups in total. The number of anilines is 4. The van der Waals surface area contributed by atoms with Crippen LogP contribution in [-0.4, -0.2) is 47.4 Å². The Morgan fingerprint density at radius 1 is 0.659 bits per heavy atom. The Morgan fingerprint density at radius 3 is 1.77 bits per heavy atom. The summed E-state index contributed by atoms with van der Waals surface area (Å²) in [5.74, 6) is 0.573. The fourth-order valence-corrected chi connectivity index (χ4v) is 6.50. The Bertz CT molecular complexity index is 1730. The molecule has 1 heterocycles. The number of hydrogen-bond donors (Lipinski definition) is 0. The van der Waals surface area contributed by atoms with Crippen molar-refractivity contribution in [2.45, 2.75) is 19.4 Å². The van der Waals surface area contributed by atoms with E-state index < -0.39 is 11.6 Å². The molecule has 0 radical (unpaired) electrons. The Kier molecular flexibility index (Phi) is 7.68. The average Bonchev–Trinajstić information content (AvgIpc) is 3.04. The standard InChI is InChI=1S/C38H40N4O2/c1-7-41(8-2)32-24-25-34-36(26-32)44-37(43)42(35-15-11-13-27-12-9-10-14-33(27)35)38(34,28-16-20-30(21-17-28)39(3)4)29-18-22-31(23-19-29)40(5)6/h9-26H,7-8H2,1-6H3. The molecule has 0 saturated carbocycles. The maximum atomic E-state index is 14.6. The molecule has 1 aliphatic heterocycles. The van der Waals surface area contributed by atoms with E-state index in [0.717, 1.165) is 63.3 Å². The molecule has 0 aliphatic carbocycles. The molecule has 5 aromatic carbocycles. The zero-order valence-corrected chi connectivity index (χ0v) is 26.4. The summed E-state index contributed by atoms with van der Waals surface area (Å²) in [6.07, 6.45) is -0.418. The summed E-state index contributed by atoms with van der Waals surface area (Å²) in [4.78, 5) is 22.9. The highest BCUT2D eigenvalue weighted by Gasteiger charge is 2.52. The molecule has 6 heteroatoms. The van der Waals surface area contributed by atoms with Crippen molar-refractivity contribution in [3.8, 4) is 5.75 Å². The molecule has 5 aromatic rings. The fourth-order valence-electron chi connectivity index (χ4n) is 6.50. The molecule has 0 fully saturated rings. The lowest BCUT2D eigenvalue weighted by atomic mass is 9.74. The molecular formula is C38H40N4O2. The summed E-state index contributed by atoms with van der Waals surface area (Å²) < 4.78 is 6.29. The van der Waals surface area contributed by atoms with E-state index in [9.17, 15) is 4.79 Å². The predicted octanol–water partition coefficient (Wildman–Crippen LogP) is 8.13. The average molecular weight is 585 g/mol. The van der Waals surface area contributed by atoms with Gasteiger partial charge in [0.25, 0.3) is 0 Å². The topological polar surface area (TPSA) is 39.3 Å². The molecule has 0 saturated heterocycles. The van der Waals surface area contributed by atoms with Gasteiger partial charge in [0, 0.05) is 75.4 Å². The molecule has 0 spiro atoms. The van der Waals surface area contributed by atoms with E-state index in [1.807, 2.05) is 63.4 Å². The summed E-state index contributed by atoms with van der Waals surface area (Å²) in [5, 5.41) is 2.04. The third-order valence-electron chi connectivity index (χ3n) is 8.81. The third kappa shape index (κ3) is 4.71. The number of rotatable bonds is 8. The van der Waals surface area contributed by atoms with Gasteiger partial charge >= 0.3 is 6.09 Å². The number of benzene rings is 5. The molecular weight excluding hydrogens is 544 g/mol. The van der Waals surface area contributed by atoms with E-state index in [0.29, 0.717) is 5.75 Å². The number of hydrogen-bond acceptors (Lipinski definition) is 5. The second-order valence-electron chi connectivity index (χ2n) is 11.6. The minimum atomic E-state index is -1.02. The van der Waals surface area contributed by atoms with Crippen molar-refractivity contribution in [3.05, 3.63) is 126 Å². The first-order chi connectivity index (χ1) is 21.3. The van der Waals surface area contributed by atoms with Crippen LogP contribution in [0.4, 0.5) is 27.5 Å². The SMILES string of the molecule is CCN(CC)c1ccc2c(c1)OC(=O)N(c1cccc3ccccc13)C2(c1ccc(N(C)C)cc1)c1ccc(N(C)C)cc1. The quantitative estimate of drug-likeness (QED) is 0.184. The van der Waals surface area contributed by atoms with Crippen molar-refractivity contribution in [2.24, 2.45) is 0 Å². The highest BCUT2D eigenvalue weighted by molar-refractivity contribution is 6.05. The maximum Gasteiger partial charge on any atom is 0.421 e. The molecule has 44 heavy (non-hydrogen) atoms. The molecule has 6 nitrogen and oxygen atoms in total. The molecule has 1 amide bonds. The van der Waals surface area contributed by atoms with Gasteiger partial charge in [-0.25, -0.2) is 4.79 Å². The summed E-state index contributed by atoms with van der Waals surface area (Å²) in [6.45, 7) is 5.99. The molecule has 224 valence electrons. The van der Waals surface area contributed by atoms with Crippen LogP contribution in [-0.2, 0) is 5.54 Å². The van der Waals surface area contributed by atoms with E-state index >= 15 is 0 Å². The Labute approximate surface area is 260 Å². The van der Waals surface area contributed by atoms with Gasteiger partial charge in [-0.2, -0.15) is 0 Å². The zero-order valence-electron chi connectivity index (χ0n) is 26.4. The van der Waals surface area contributed by atoms with E-state index in [1.165, 1.54) is 0 Å². The van der Waals surface area contributed by atoms with Crippen molar-refractivity contribution in [1.82, 2.24) is 0 Å². The first kappa shape index (κ1) is 29.1. The predicted molar refractivity (Wildman–Crippen MR) is 184 cm³/mol. The number of nitrogens with zero attached hydrogens (tertiary/aromatic N) is 4. The molecule has 0 aromatic heterocycles. The Balaban J connectivity index is 1.73. The van der Waals surface area contributed by atoms with Gasteiger partial charge in [0.1, 0.15) is 11.3 Å². The van der Waals surface area contributed by atoms with Crippen molar-refractivity contribution in [1.29, 1.82) is 0 Å². The van der Waals surface area contributed by atoms with Crippen LogP contribution in [0.2, 0.25) is 0 Å². The van der Waals surface area contributed by atoms with Crippen molar-refractivity contribution in [3.63, 3.8) is 0 Å². The van der Waals surface area contributed by atoms with Gasteiger partial charge in [-0.05, 0) is 66.8 Å². The lowest BCUT2D eigenvalue weighted by molar-refractivity contribution is 0.195. The number of carbonyl (C=O) groups excluding carboxylic acids is 1. The lowest BCUT2D eigenvalue weighted by Crippen LogP contribution is -2.55. The lowest BCUT2D eigenvalue weighted by Gasteiger charge is -2.48. The van der Waals surface area contributed by atoms with Crippen LogP contribution in [0.5, 0.6) is 5.75 Å². The monoisotopic (exact) mass is 584 g/mol. The second-order valence-corrected chi connectivity index (χ2v) is 11.6. The number of fused-ring (bicyclic) bond motifs is 2. The smallest absolute Gasteiger partial charge is 0.409 e. The van der Waals surface area contributed by atoms with Crippen molar-refractivity contribution < 1.29 is 9.53 Å². The molecule has 0 atom stereocenters. The molecule has 0 unspecified atom stereocenters. The number of carbonyl (C=O) groups is 1. The normalized spacial score (nSPS) is 13.8. The first-order valence-corrected chi connectivity index (χ1v) is 15.2. The van der Waals surface area contributed by atoms with E-state index in [2.05, 4.69) is 107 Å². The van der Waals surface area contributed by atoms with Gasteiger partial charge in [-0.15, -0.1) is 0 Å². The van der Waals surface area contributed by atoms with Crippen LogP contribution < -0.4 is 24.3 Å². The summed E-state index contributed by atoms with van der Waals surface area (Å²) in [7, 11) is 8.15. The fraction of sp³-hybridized carbons (Fsp3) is 0.237. The van der Waals surface area contributed by atoms with Crippen LogP contribution in [0.25, 0.3) is 10.8 Å². The van der Waals surface area contributed by atoms with Gasteiger partial charge in [-0.1, -0.05) is 66.7 Å². The summed E-state index contributed by atoms with van der Waals surface area (Å²) in [5.41, 5.74) is 5.82. The number of ether oxygens (including phenoxy) is 1. The first-order valence-electron chi connectivity index (χ1n) is 15.2. The van der Waals surface area contributed by atoms with Crippen LogP contribution in [0.15, 0.2) is 109 Å². The van der Waals surface area contributed by atoms with Gasteiger partial charge in [0.15, 0.2) is 0 Å². The van der Waals surface area contributed by atoms with E-state index in [1.54, 1.807) is 0 Å². The summed E-state index contributed by atoms with van der Waals surface area (Å²) >= 11 is 0. The van der Waals surface area contributed by atoms with Gasteiger partial charge in [0.2, 0.25) is 0 Å². The second kappa shape index (κ2) is 11.6. The minimum absolute atomic E-state index is 0.418. The van der Waals surface area contributed by atoms with E-state index in [-0.39, 0.29) is 0 Å². The number of amides is 1. The zero-order chi connectivity index (χ0) is 31.0. The largest absolute Gasteiger partial charge is 0.421 e. The van der Waals surface area contributed by atoms with Crippen molar-refractivity contribution in [2.75, 3.05) is 60.9 Å². The van der Waals surface area contributed by atoms with E-state index in [4.69, 9.17) is 4.74 Å². The van der Waals surface area contributed by atoms with Crippen molar-refractivity contribution >= 4 is 39.6 Å². The highest BCUT2D eigenvalue weighted by Crippen LogP contribution is 2.53. The van der Waals surface area contributed by atoms with Gasteiger partial charge in [0.05, 0.1) is 5.69 Å².